The van der Waals surface area contributed by atoms with Gasteiger partial charge in [-0.3, -0.25) is 0 Å². The fraction of sp³-hybridized carbons (Fsp3) is 0.200. The van der Waals surface area contributed by atoms with Crippen LogP contribution in [0.15, 0.2) is 39.3 Å². The van der Waals surface area contributed by atoms with Gasteiger partial charge in [0.05, 0.1) is 10.4 Å². The zero-order valence-corrected chi connectivity index (χ0v) is 14.6. The molecule has 0 aliphatic heterocycles. The van der Waals surface area contributed by atoms with Crippen LogP contribution < -0.4 is 4.74 Å². The van der Waals surface area contributed by atoms with Gasteiger partial charge in [0.2, 0.25) is 0 Å². The van der Waals surface area contributed by atoms with Crippen LogP contribution in [-0.2, 0) is 12.5 Å². The quantitative estimate of drug-likeness (QED) is 0.551. The Morgan fingerprint density at radius 2 is 1.95 bits per heavy atom. The van der Waals surface area contributed by atoms with Gasteiger partial charge in [-0.05, 0) is 58.2 Å². The number of ether oxygens (including phenoxy) is 1. The molecule has 2 rings (SSSR count). The molecule has 0 amide bonds. The van der Waals surface area contributed by atoms with Gasteiger partial charge in [-0.2, -0.15) is 0 Å². The third-order valence-electron chi connectivity index (χ3n) is 2.83. The van der Waals surface area contributed by atoms with Crippen LogP contribution in [-0.4, -0.2) is 0 Å². The highest BCUT2D eigenvalue weighted by atomic mass is 79.9. The lowest BCUT2D eigenvalue weighted by atomic mass is 10.1. The molecule has 1 nitrogen and oxygen atoms in total. The lowest BCUT2D eigenvalue weighted by Crippen LogP contribution is -2.00. The number of benzene rings is 2. The molecule has 0 spiro atoms. The highest BCUT2D eigenvalue weighted by molar-refractivity contribution is 9.10. The van der Waals surface area contributed by atoms with Crippen molar-refractivity contribution < 1.29 is 9.13 Å². The fourth-order valence-electron chi connectivity index (χ4n) is 1.89. The van der Waals surface area contributed by atoms with Gasteiger partial charge in [-0.1, -0.05) is 22.0 Å². The van der Waals surface area contributed by atoms with Crippen LogP contribution in [0.1, 0.15) is 16.7 Å². The van der Waals surface area contributed by atoms with Gasteiger partial charge < -0.3 is 4.74 Å². The summed E-state index contributed by atoms with van der Waals surface area (Å²) in [6.07, 6.45) is 0. The van der Waals surface area contributed by atoms with Crippen molar-refractivity contribution in [3.8, 4) is 5.75 Å². The molecule has 20 heavy (non-hydrogen) atoms. The first kappa shape index (κ1) is 15.8. The highest BCUT2D eigenvalue weighted by Crippen LogP contribution is 2.30. The molecule has 106 valence electrons. The van der Waals surface area contributed by atoms with Crippen molar-refractivity contribution in [3.63, 3.8) is 0 Å². The molecule has 0 bridgehead atoms. The predicted molar refractivity (Wildman–Crippen MR) is 86.9 cm³/mol. The second kappa shape index (κ2) is 6.92. The normalized spacial score (nSPS) is 10.7. The molecule has 2 aromatic rings. The second-order valence-electron chi connectivity index (χ2n) is 4.38. The molecule has 0 unspecified atom stereocenters. The highest BCUT2D eigenvalue weighted by Gasteiger charge is 2.09. The molecule has 0 heterocycles. The topological polar surface area (TPSA) is 9.23 Å². The van der Waals surface area contributed by atoms with Crippen LogP contribution in [0, 0.1) is 12.7 Å². The molecule has 0 radical (unpaired) electrons. The van der Waals surface area contributed by atoms with E-state index in [0.29, 0.717) is 17.0 Å². The van der Waals surface area contributed by atoms with Crippen LogP contribution in [0.5, 0.6) is 5.75 Å². The van der Waals surface area contributed by atoms with E-state index in [1.165, 1.54) is 6.07 Å². The Bertz CT molecular complexity index is 632. The number of aryl methyl sites for hydroxylation is 1. The van der Waals surface area contributed by atoms with E-state index in [4.69, 9.17) is 16.3 Å². The third-order valence-corrected chi connectivity index (χ3v) is 4.18. The summed E-state index contributed by atoms with van der Waals surface area (Å²) in [6, 6.07) is 8.75. The van der Waals surface area contributed by atoms with E-state index in [0.717, 1.165) is 26.9 Å². The van der Waals surface area contributed by atoms with Crippen LogP contribution in [0.25, 0.3) is 0 Å². The molecule has 0 fully saturated rings. The van der Waals surface area contributed by atoms with Gasteiger partial charge in [-0.25, -0.2) is 4.39 Å². The van der Waals surface area contributed by atoms with E-state index in [1.807, 2.05) is 19.1 Å². The molecule has 0 aromatic heterocycles. The number of hydrogen-bond donors (Lipinski definition) is 0. The van der Waals surface area contributed by atoms with E-state index >= 15 is 0 Å². The Labute approximate surface area is 139 Å². The first-order valence-electron chi connectivity index (χ1n) is 5.93. The van der Waals surface area contributed by atoms with Crippen LogP contribution in [0.4, 0.5) is 4.39 Å². The molecule has 0 aliphatic carbocycles. The zero-order valence-electron chi connectivity index (χ0n) is 10.7. The number of alkyl halides is 1. The van der Waals surface area contributed by atoms with Gasteiger partial charge in [0.25, 0.3) is 0 Å². The molecule has 0 saturated heterocycles. The summed E-state index contributed by atoms with van der Waals surface area (Å²) < 4.78 is 20.4. The monoisotopic (exact) mass is 420 g/mol. The van der Waals surface area contributed by atoms with Crippen molar-refractivity contribution in [2.75, 3.05) is 0 Å². The molecule has 0 atom stereocenters. The molecule has 2 aromatic carbocycles. The molecular weight excluding hydrogens is 410 g/mol. The van der Waals surface area contributed by atoms with E-state index in [1.54, 1.807) is 12.1 Å². The summed E-state index contributed by atoms with van der Waals surface area (Å²) in [4.78, 5) is 0. The van der Waals surface area contributed by atoms with Crippen molar-refractivity contribution in [2.45, 2.75) is 19.4 Å². The Kier molecular flexibility index (Phi) is 5.47. The molecule has 0 aliphatic rings. The fourth-order valence-corrected chi connectivity index (χ4v) is 3.13. The van der Waals surface area contributed by atoms with E-state index < -0.39 is 0 Å². The van der Waals surface area contributed by atoms with Crippen molar-refractivity contribution >= 4 is 43.5 Å². The van der Waals surface area contributed by atoms with Crippen LogP contribution >= 0.6 is 43.5 Å². The zero-order chi connectivity index (χ0) is 14.7. The van der Waals surface area contributed by atoms with Crippen LogP contribution in [0.3, 0.4) is 0 Å². The average Bonchev–Trinajstić information content (AvgIpc) is 2.40. The standard InChI is InChI=1S/C15H12Br2ClFO/c1-9-4-12(16)6-11(7-18)15(9)20-8-10-2-3-14(19)13(17)5-10/h2-6H,7-8H2,1H3. The van der Waals surface area contributed by atoms with Crippen molar-refractivity contribution in [1.82, 2.24) is 0 Å². The number of hydrogen-bond acceptors (Lipinski definition) is 1. The molecule has 0 saturated carbocycles. The van der Waals surface area contributed by atoms with Gasteiger partial charge in [0.1, 0.15) is 18.2 Å². The molecule has 0 N–H and O–H groups in total. The maximum atomic E-state index is 13.2. The number of rotatable bonds is 4. The maximum absolute atomic E-state index is 13.2. The average molecular weight is 423 g/mol. The summed E-state index contributed by atoms with van der Waals surface area (Å²) in [5.41, 5.74) is 2.83. The minimum Gasteiger partial charge on any atom is -0.488 e. The summed E-state index contributed by atoms with van der Waals surface area (Å²) in [5.74, 6) is 0.876. The minimum absolute atomic E-state index is 0.282. The number of halogens is 4. The molecular formula is C15H12Br2ClFO. The molecule has 5 heteroatoms. The maximum Gasteiger partial charge on any atom is 0.137 e. The van der Waals surface area contributed by atoms with Crippen molar-refractivity contribution in [2.24, 2.45) is 0 Å². The van der Waals surface area contributed by atoms with E-state index in [9.17, 15) is 4.39 Å². The summed E-state index contributed by atoms with van der Waals surface area (Å²) >= 11 is 12.6. The van der Waals surface area contributed by atoms with Crippen LogP contribution in [0.2, 0.25) is 0 Å². The van der Waals surface area contributed by atoms with Gasteiger partial charge in [-0.15, -0.1) is 11.6 Å². The first-order chi connectivity index (χ1) is 9.51. The van der Waals surface area contributed by atoms with Gasteiger partial charge >= 0.3 is 0 Å². The second-order valence-corrected chi connectivity index (χ2v) is 6.42. The van der Waals surface area contributed by atoms with Gasteiger partial charge in [0, 0.05) is 10.0 Å². The smallest absolute Gasteiger partial charge is 0.137 e. The van der Waals surface area contributed by atoms with Crippen molar-refractivity contribution in [1.29, 1.82) is 0 Å². The lowest BCUT2D eigenvalue weighted by molar-refractivity contribution is 0.301. The third kappa shape index (κ3) is 3.74. The van der Waals surface area contributed by atoms with Crippen molar-refractivity contribution in [3.05, 3.63) is 61.8 Å². The lowest BCUT2D eigenvalue weighted by Gasteiger charge is -2.14. The SMILES string of the molecule is Cc1cc(Br)cc(CCl)c1OCc1ccc(F)c(Br)c1. The first-order valence-corrected chi connectivity index (χ1v) is 8.05. The Morgan fingerprint density at radius 3 is 2.60 bits per heavy atom. The summed E-state index contributed by atoms with van der Waals surface area (Å²) in [5, 5.41) is 0. The largest absolute Gasteiger partial charge is 0.488 e. The van der Waals surface area contributed by atoms with E-state index in [-0.39, 0.29) is 5.82 Å². The minimum atomic E-state index is -0.282. The predicted octanol–water partition coefficient (Wildman–Crippen LogP) is 5.98. The van der Waals surface area contributed by atoms with Gasteiger partial charge in [0.15, 0.2) is 0 Å². The summed E-state index contributed by atoms with van der Waals surface area (Å²) in [6.45, 7) is 2.34. The Balaban J connectivity index is 2.20. The Hall–Kier alpha value is -0.580. The Morgan fingerprint density at radius 1 is 1.20 bits per heavy atom. The summed E-state index contributed by atoms with van der Waals surface area (Å²) in [7, 11) is 0. The van der Waals surface area contributed by atoms with E-state index in [2.05, 4.69) is 31.9 Å².